The highest BCUT2D eigenvalue weighted by Gasteiger charge is 2.25. The molecule has 31 heavy (non-hydrogen) atoms. The fourth-order valence-corrected chi connectivity index (χ4v) is 4.12. The molecule has 4 aromatic rings. The zero-order valence-corrected chi connectivity index (χ0v) is 18.4. The average Bonchev–Trinajstić information content (AvgIpc) is 2.84. The molecule has 0 saturated carbocycles. The molecule has 3 heterocycles. The van der Waals surface area contributed by atoms with Crippen LogP contribution in [0.5, 0.6) is 0 Å². The lowest BCUT2D eigenvalue weighted by Crippen LogP contribution is -2.49. The molecule has 0 aliphatic carbocycles. The highest BCUT2D eigenvalue weighted by atomic mass is 79.9. The lowest BCUT2D eigenvalue weighted by molar-refractivity contribution is 0.0748. The monoisotopic (exact) mass is 473 g/mol. The van der Waals surface area contributed by atoms with Crippen molar-refractivity contribution < 1.29 is 4.79 Å². The Morgan fingerprint density at radius 2 is 1.58 bits per heavy atom. The Labute approximate surface area is 188 Å². The third kappa shape index (κ3) is 4.01. The Hall–Kier alpha value is -3.32. The number of benzene rings is 2. The minimum atomic E-state index is 0.0330. The molecule has 1 saturated heterocycles. The van der Waals surface area contributed by atoms with Gasteiger partial charge in [-0.3, -0.25) is 4.79 Å². The number of hydrogen-bond acceptors (Lipinski definition) is 5. The van der Waals surface area contributed by atoms with Crippen LogP contribution in [-0.4, -0.2) is 51.9 Å². The highest BCUT2D eigenvalue weighted by molar-refractivity contribution is 9.10. The first-order chi connectivity index (χ1) is 15.2. The minimum Gasteiger partial charge on any atom is -0.337 e. The van der Waals surface area contributed by atoms with Gasteiger partial charge in [0.25, 0.3) is 5.91 Å². The van der Waals surface area contributed by atoms with Crippen molar-refractivity contribution in [3.63, 3.8) is 0 Å². The first-order valence-electron chi connectivity index (χ1n) is 10.2. The summed E-state index contributed by atoms with van der Waals surface area (Å²) in [5, 5.41) is 0.877. The summed E-state index contributed by atoms with van der Waals surface area (Å²) in [4.78, 5) is 31.0. The predicted octanol–water partition coefficient (Wildman–Crippen LogP) is 4.42. The van der Waals surface area contributed by atoms with E-state index in [0.717, 1.165) is 26.6 Å². The number of halogens is 1. The maximum absolute atomic E-state index is 13.5. The van der Waals surface area contributed by atoms with Crippen LogP contribution in [-0.2, 0) is 0 Å². The van der Waals surface area contributed by atoms with Crippen LogP contribution in [0, 0.1) is 0 Å². The summed E-state index contributed by atoms with van der Waals surface area (Å²) in [5.74, 6) is 0.743. The summed E-state index contributed by atoms with van der Waals surface area (Å²) in [5.41, 5.74) is 3.29. The van der Waals surface area contributed by atoms with Crippen molar-refractivity contribution in [2.45, 2.75) is 0 Å². The average molecular weight is 474 g/mol. The molecular weight excluding hydrogens is 454 g/mol. The van der Waals surface area contributed by atoms with E-state index >= 15 is 0 Å². The molecule has 2 aromatic heterocycles. The van der Waals surface area contributed by atoms with E-state index in [4.69, 9.17) is 4.98 Å². The van der Waals surface area contributed by atoms with Crippen molar-refractivity contribution in [1.29, 1.82) is 0 Å². The smallest absolute Gasteiger partial charge is 0.254 e. The molecule has 1 amide bonds. The topological polar surface area (TPSA) is 62.2 Å². The third-order valence-electron chi connectivity index (χ3n) is 5.49. The molecule has 5 rings (SSSR count). The summed E-state index contributed by atoms with van der Waals surface area (Å²) in [6, 6.07) is 19.5. The lowest BCUT2D eigenvalue weighted by Gasteiger charge is -2.34. The predicted molar refractivity (Wildman–Crippen MR) is 125 cm³/mol. The fraction of sp³-hybridized carbons (Fsp3) is 0.167. The molecule has 1 aliphatic rings. The van der Waals surface area contributed by atoms with Gasteiger partial charge in [-0.05, 0) is 30.3 Å². The van der Waals surface area contributed by atoms with E-state index in [0.29, 0.717) is 37.7 Å². The summed E-state index contributed by atoms with van der Waals surface area (Å²) < 4.78 is 1.01. The van der Waals surface area contributed by atoms with Crippen LogP contribution in [0.15, 0.2) is 77.5 Å². The number of carbonyl (C=O) groups is 1. The van der Waals surface area contributed by atoms with Crippen LogP contribution >= 0.6 is 15.9 Å². The number of para-hydroxylation sites is 1. The molecule has 6 nitrogen and oxygen atoms in total. The van der Waals surface area contributed by atoms with E-state index in [-0.39, 0.29) is 5.91 Å². The van der Waals surface area contributed by atoms with Gasteiger partial charge in [0.2, 0.25) is 5.95 Å². The van der Waals surface area contributed by atoms with E-state index < -0.39 is 0 Å². The van der Waals surface area contributed by atoms with Crippen LogP contribution in [0.25, 0.3) is 22.2 Å². The maximum Gasteiger partial charge on any atom is 0.254 e. The quantitative estimate of drug-likeness (QED) is 0.440. The molecule has 1 aliphatic heterocycles. The van der Waals surface area contributed by atoms with Gasteiger partial charge in [0.15, 0.2) is 0 Å². The Kier molecular flexibility index (Phi) is 5.34. The number of piperazine rings is 1. The van der Waals surface area contributed by atoms with Gasteiger partial charge >= 0.3 is 0 Å². The van der Waals surface area contributed by atoms with E-state index in [1.807, 2.05) is 59.5 Å². The van der Waals surface area contributed by atoms with Crippen molar-refractivity contribution in [3.8, 4) is 11.3 Å². The molecule has 0 unspecified atom stereocenters. The largest absolute Gasteiger partial charge is 0.337 e. The van der Waals surface area contributed by atoms with Gasteiger partial charge in [0.1, 0.15) is 0 Å². The Balaban J connectivity index is 1.45. The number of hydrogen-bond donors (Lipinski definition) is 0. The summed E-state index contributed by atoms with van der Waals surface area (Å²) in [6.45, 7) is 2.67. The standard InChI is InChI=1S/C24H20BrN5O/c25-18-8-6-17(7-9-18)22-16-20(19-4-1-2-5-21(19)28-22)23(31)29-12-14-30(15-13-29)24-26-10-3-11-27-24/h1-11,16H,12-15H2. The number of aromatic nitrogens is 3. The first kappa shape index (κ1) is 19.6. The number of anilines is 1. The van der Waals surface area contributed by atoms with Gasteiger partial charge in [0, 0.05) is 54.0 Å². The molecule has 2 aromatic carbocycles. The van der Waals surface area contributed by atoms with Crippen molar-refractivity contribution >= 4 is 38.7 Å². The molecular formula is C24H20BrN5O. The second kappa shape index (κ2) is 8.43. The van der Waals surface area contributed by atoms with Gasteiger partial charge < -0.3 is 9.80 Å². The lowest BCUT2D eigenvalue weighted by atomic mass is 10.0. The summed E-state index contributed by atoms with van der Waals surface area (Å²) in [7, 11) is 0. The van der Waals surface area contributed by atoms with E-state index in [9.17, 15) is 4.79 Å². The summed E-state index contributed by atoms with van der Waals surface area (Å²) in [6.07, 6.45) is 3.49. The molecule has 0 atom stereocenters. The third-order valence-corrected chi connectivity index (χ3v) is 6.02. The fourth-order valence-electron chi connectivity index (χ4n) is 3.86. The molecule has 0 bridgehead atoms. The van der Waals surface area contributed by atoms with Gasteiger partial charge in [-0.2, -0.15) is 0 Å². The summed E-state index contributed by atoms with van der Waals surface area (Å²) >= 11 is 3.48. The van der Waals surface area contributed by atoms with E-state index in [1.165, 1.54) is 0 Å². The number of pyridine rings is 1. The van der Waals surface area contributed by atoms with E-state index in [2.05, 4.69) is 30.8 Å². The second-order valence-corrected chi connectivity index (χ2v) is 8.32. The number of fused-ring (bicyclic) bond motifs is 1. The molecule has 0 N–H and O–H groups in total. The Morgan fingerprint density at radius 3 is 2.32 bits per heavy atom. The SMILES string of the molecule is O=C(c1cc(-c2ccc(Br)cc2)nc2ccccc12)N1CCN(c2ncccn2)CC1. The van der Waals surface area contributed by atoms with Crippen LogP contribution in [0.2, 0.25) is 0 Å². The Morgan fingerprint density at radius 1 is 0.871 bits per heavy atom. The second-order valence-electron chi connectivity index (χ2n) is 7.41. The van der Waals surface area contributed by atoms with Gasteiger partial charge in [-0.1, -0.05) is 46.3 Å². The van der Waals surface area contributed by atoms with Gasteiger partial charge in [-0.15, -0.1) is 0 Å². The van der Waals surface area contributed by atoms with Crippen molar-refractivity contribution in [1.82, 2.24) is 19.9 Å². The van der Waals surface area contributed by atoms with Crippen molar-refractivity contribution in [3.05, 3.63) is 83.1 Å². The molecule has 7 heteroatoms. The normalized spacial score (nSPS) is 14.1. The van der Waals surface area contributed by atoms with Gasteiger partial charge in [-0.25, -0.2) is 15.0 Å². The molecule has 0 spiro atoms. The van der Waals surface area contributed by atoms with Crippen LogP contribution < -0.4 is 4.90 Å². The molecule has 1 fully saturated rings. The minimum absolute atomic E-state index is 0.0330. The van der Waals surface area contributed by atoms with E-state index in [1.54, 1.807) is 18.5 Å². The van der Waals surface area contributed by atoms with Gasteiger partial charge in [0.05, 0.1) is 16.8 Å². The van der Waals surface area contributed by atoms with Crippen LogP contribution in [0.1, 0.15) is 10.4 Å². The van der Waals surface area contributed by atoms with Crippen molar-refractivity contribution in [2.24, 2.45) is 0 Å². The number of rotatable bonds is 3. The molecule has 154 valence electrons. The maximum atomic E-state index is 13.5. The zero-order valence-electron chi connectivity index (χ0n) is 16.8. The number of carbonyl (C=O) groups excluding carboxylic acids is 1. The zero-order chi connectivity index (χ0) is 21.2. The Bertz CT molecular complexity index is 1220. The van der Waals surface area contributed by atoms with Crippen LogP contribution in [0.3, 0.4) is 0 Å². The molecule has 0 radical (unpaired) electrons. The van der Waals surface area contributed by atoms with Crippen molar-refractivity contribution in [2.75, 3.05) is 31.1 Å². The van der Waals surface area contributed by atoms with Crippen LogP contribution in [0.4, 0.5) is 5.95 Å². The number of nitrogens with zero attached hydrogens (tertiary/aromatic N) is 5. The highest BCUT2D eigenvalue weighted by Crippen LogP contribution is 2.27. The number of amides is 1. The first-order valence-corrected chi connectivity index (χ1v) is 11.0.